The zero-order chi connectivity index (χ0) is 24.0. The molecule has 34 heavy (non-hydrogen) atoms. The lowest BCUT2D eigenvalue weighted by Crippen LogP contribution is -2.39. The number of rotatable bonds is 7. The maximum atomic E-state index is 13.7. The first-order valence-corrected chi connectivity index (χ1v) is 11.5. The second kappa shape index (κ2) is 8.29. The fourth-order valence-electron chi connectivity index (χ4n) is 4.81. The summed E-state index contributed by atoms with van der Waals surface area (Å²) in [7, 11) is 5.86. The van der Waals surface area contributed by atoms with Crippen molar-refractivity contribution in [1.82, 2.24) is 14.7 Å². The molecule has 2 aliphatic rings. The van der Waals surface area contributed by atoms with E-state index in [4.69, 9.17) is 10.5 Å². The van der Waals surface area contributed by atoms with E-state index in [1.54, 1.807) is 36.3 Å². The number of nitrogens with zero attached hydrogens (tertiary/aromatic N) is 4. The molecule has 8 nitrogen and oxygen atoms in total. The Morgan fingerprint density at radius 2 is 1.74 bits per heavy atom. The minimum atomic E-state index is -0.635. The third-order valence-corrected chi connectivity index (χ3v) is 7.12. The van der Waals surface area contributed by atoms with Crippen LogP contribution in [0.4, 0.5) is 5.69 Å². The SMILES string of the molecule is COc1ccc(-n2nc(C(N)=O)c3c2C(=O)N(c2ccc(CC4(N(C)C)CC4)cc2)CC3)cc1. The number of likely N-dealkylation sites (N-methyl/N-ethyl adjacent to an activating group) is 1. The Hall–Kier alpha value is -3.65. The molecule has 0 radical (unpaired) electrons. The van der Waals surface area contributed by atoms with Crippen LogP contribution < -0.4 is 15.4 Å². The summed E-state index contributed by atoms with van der Waals surface area (Å²) in [5.41, 5.74) is 9.74. The molecule has 2 N–H and O–H groups in total. The van der Waals surface area contributed by atoms with Gasteiger partial charge in [0.25, 0.3) is 11.8 Å². The lowest BCUT2D eigenvalue weighted by Gasteiger charge is -2.28. The van der Waals surface area contributed by atoms with E-state index in [0.717, 1.165) is 12.1 Å². The van der Waals surface area contributed by atoms with Crippen molar-refractivity contribution in [2.45, 2.75) is 31.2 Å². The van der Waals surface area contributed by atoms with E-state index in [0.29, 0.717) is 35.7 Å². The van der Waals surface area contributed by atoms with Crippen LogP contribution in [0.2, 0.25) is 0 Å². The Kier molecular flexibility index (Phi) is 5.40. The molecule has 8 heteroatoms. The zero-order valence-electron chi connectivity index (χ0n) is 19.7. The molecule has 176 valence electrons. The molecule has 0 saturated heterocycles. The van der Waals surface area contributed by atoms with Crippen LogP contribution in [0.3, 0.4) is 0 Å². The summed E-state index contributed by atoms with van der Waals surface area (Å²) >= 11 is 0. The molecular weight excluding hydrogens is 430 g/mol. The molecule has 0 spiro atoms. The van der Waals surface area contributed by atoms with Crippen molar-refractivity contribution in [1.29, 1.82) is 0 Å². The van der Waals surface area contributed by atoms with Gasteiger partial charge in [0, 0.05) is 23.3 Å². The number of hydrogen-bond acceptors (Lipinski definition) is 5. The zero-order valence-corrected chi connectivity index (χ0v) is 19.7. The summed E-state index contributed by atoms with van der Waals surface area (Å²) in [6.07, 6.45) is 3.94. The highest BCUT2D eigenvalue weighted by molar-refractivity contribution is 6.09. The van der Waals surface area contributed by atoms with E-state index in [-0.39, 0.29) is 17.1 Å². The smallest absolute Gasteiger partial charge is 0.277 e. The first-order valence-electron chi connectivity index (χ1n) is 11.5. The average Bonchev–Trinajstić information content (AvgIpc) is 3.51. The second-order valence-corrected chi connectivity index (χ2v) is 9.32. The summed E-state index contributed by atoms with van der Waals surface area (Å²) in [6.45, 7) is 0.460. The number of anilines is 1. The molecule has 2 amide bonds. The summed E-state index contributed by atoms with van der Waals surface area (Å²) in [5.74, 6) is -0.143. The number of carbonyl (C=O) groups is 2. The molecule has 0 unspecified atom stereocenters. The first kappa shape index (κ1) is 22.2. The minimum absolute atomic E-state index is 0.146. The molecule has 2 aromatic carbocycles. The number of fused-ring (bicyclic) bond motifs is 1. The highest BCUT2D eigenvalue weighted by Crippen LogP contribution is 2.43. The first-order chi connectivity index (χ1) is 16.3. The molecule has 0 bridgehead atoms. The van der Waals surface area contributed by atoms with Gasteiger partial charge >= 0.3 is 0 Å². The van der Waals surface area contributed by atoms with Crippen molar-refractivity contribution in [3.05, 3.63) is 71.0 Å². The Balaban J connectivity index is 1.46. The molecule has 1 saturated carbocycles. The Morgan fingerprint density at radius 3 is 2.29 bits per heavy atom. The lowest BCUT2D eigenvalue weighted by molar-refractivity contribution is 0.0972. The van der Waals surface area contributed by atoms with Crippen LogP contribution in [0.25, 0.3) is 5.69 Å². The van der Waals surface area contributed by atoms with Crippen molar-refractivity contribution < 1.29 is 14.3 Å². The van der Waals surface area contributed by atoms with Crippen LogP contribution >= 0.6 is 0 Å². The number of benzene rings is 2. The normalized spacial score (nSPS) is 16.5. The summed E-state index contributed by atoms with van der Waals surface area (Å²) in [5, 5.41) is 4.42. The third kappa shape index (κ3) is 3.74. The number of primary amides is 1. The summed E-state index contributed by atoms with van der Waals surface area (Å²) < 4.78 is 6.75. The third-order valence-electron chi connectivity index (χ3n) is 7.12. The summed E-state index contributed by atoms with van der Waals surface area (Å²) in [6, 6.07) is 15.4. The van der Waals surface area contributed by atoms with Gasteiger partial charge < -0.3 is 20.3 Å². The van der Waals surface area contributed by atoms with Crippen molar-refractivity contribution in [3.63, 3.8) is 0 Å². The van der Waals surface area contributed by atoms with Crippen LogP contribution in [0, 0.1) is 0 Å². The van der Waals surface area contributed by atoms with E-state index in [1.807, 2.05) is 12.1 Å². The predicted molar refractivity (Wildman–Crippen MR) is 130 cm³/mol. The van der Waals surface area contributed by atoms with E-state index in [9.17, 15) is 9.59 Å². The highest BCUT2D eigenvalue weighted by Gasteiger charge is 2.44. The number of carbonyl (C=O) groups excluding carboxylic acids is 2. The van der Waals surface area contributed by atoms with Gasteiger partial charge in [0.1, 0.15) is 11.4 Å². The van der Waals surface area contributed by atoms with Gasteiger partial charge in [-0.25, -0.2) is 4.68 Å². The molecular formula is C26H29N5O3. The maximum absolute atomic E-state index is 13.7. The average molecular weight is 460 g/mol. The molecule has 1 aliphatic carbocycles. The van der Waals surface area contributed by atoms with Crippen LogP contribution in [0.5, 0.6) is 5.75 Å². The van der Waals surface area contributed by atoms with Gasteiger partial charge in [-0.3, -0.25) is 9.59 Å². The molecule has 1 aliphatic heterocycles. The molecule has 2 heterocycles. The summed E-state index contributed by atoms with van der Waals surface area (Å²) in [4.78, 5) is 29.8. The lowest BCUT2D eigenvalue weighted by atomic mass is 10.0. The largest absolute Gasteiger partial charge is 0.497 e. The Labute approximate surface area is 198 Å². The maximum Gasteiger partial charge on any atom is 0.277 e. The van der Waals surface area contributed by atoms with Crippen LogP contribution in [-0.4, -0.2) is 59.8 Å². The molecule has 3 aromatic rings. The van der Waals surface area contributed by atoms with Gasteiger partial charge in [0.15, 0.2) is 5.69 Å². The number of ether oxygens (including phenoxy) is 1. The molecule has 5 rings (SSSR count). The fraction of sp³-hybridized carbons (Fsp3) is 0.346. The topological polar surface area (TPSA) is 93.7 Å². The van der Waals surface area contributed by atoms with Crippen molar-refractivity contribution >= 4 is 17.5 Å². The number of methoxy groups -OCH3 is 1. The molecule has 0 atom stereocenters. The Bertz CT molecular complexity index is 1240. The monoisotopic (exact) mass is 459 g/mol. The van der Waals surface area contributed by atoms with Gasteiger partial charge in [-0.05, 0) is 81.7 Å². The molecule has 1 aromatic heterocycles. The standard InChI is InChI=1S/C26H29N5O3/c1-29(2)26(13-14-26)16-17-4-6-18(7-5-17)30-15-12-21-22(24(27)32)28-31(23(21)25(30)33)19-8-10-20(34-3)11-9-19/h4-11H,12-16H2,1-3H3,(H2,27,32). The Morgan fingerprint density at radius 1 is 1.09 bits per heavy atom. The van der Waals surface area contributed by atoms with Crippen molar-refractivity contribution in [2.75, 3.05) is 32.6 Å². The fourth-order valence-corrected chi connectivity index (χ4v) is 4.81. The van der Waals surface area contributed by atoms with Gasteiger partial charge in [0.05, 0.1) is 12.8 Å². The van der Waals surface area contributed by atoms with Crippen LogP contribution in [0.1, 0.15) is 44.9 Å². The predicted octanol–water partition coefficient (Wildman–Crippen LogP) is 2.82. The van der Waals surface area contributed by atoms with Crippen LogP contribution in [0.15, 0.2) is 48.5 Å². The van der Waals surface area contributed by atoms with E-state index >= 15 is 0 Å². The van der Waals surface area contributed by atoms with Gasteiger partial charge in [-0.2, -0.15) is 5.10 Å². The van der Waals surface area contributed by atoms with Crippen molar-refractivity contribution in [2.24, 2.45) is 5.73 Å². The quantitative estimate of drug-likeness (QED) is 0.586. The van der Waals surface area contributed by atoms with Gasteiger partial charge in [-0.1, -0.05) is 12.1 Å². The molecule has 1 fully saturated rings. The van der Waals surface area contributed by atoms with E-state index < -0.39 is 5.91 Å². The van der Waals surface area contributed by atoms with Crippen LogP contribution in [-0.2, 0) is 12.8 Å². The van der Waals surface area contributed by atoms with E-state index in [1.165, 1.54) is 23.1 Å². The minimum Gasteiger partial charge on any atom is -0.497 e. The number of nitrogens with two attached hydrogens (primary N) is 1. The van der Waals surface area contributed by atoms with E-state index in [2.05, 4.69) is 36.2 Å². The number of amides is 2. The number of hydrogen-bond donors (Lipinski definition) is 1. The van der Waals surface area contributed by atoms with Gasteiger partial charge in [-0.15, -0.1) is 0 Å². The second-order valence-electron chi connectivity index (χ2n) is 9.32. The van der Waals surface area contributed by atoms with Gasteiger partial charge in [0.2, 0.25) is 0 Å². The van der Waals surface area contributed by atoms with Crippen molar-refractivity contribution in [3.8, 4) is 11.4 Å². The number of aromatic nitrogens is 2. The highest BCUT2D eigenvalue weighted by atomic mass is 16.5.